The van der Waals surface area contributed by atoms with Crippen molar-refractivity contribution in [2.45, 2.75) is 37.0 Å². The first-order chi connectivity index (χ1) is 16.6. The molecule has 0 aliphatic carbocycles. The molecule has 0 saturated heterocycles. The SMILES string of the molecule is NC(CS)C(=O)NC(CO)C(=O)NC(CC(=O)O)C(=O)NC(Cc1c[nH]c2ccccc12)C(=O)O. The van der Waals surface area contributed by atoms with Crippen LogP contribution in [0, 0.1) is 0 Å². The molecule has 0 radical (unpaired) electrons. The van der Waals surface area contributed by atoms with Gasteiger partial charge in [-0.05, 0) is 11.6 Å². The lowest BCUT2D eigenvalue weighted by atomic mass is 10.0. The molecule has 0 spiro atoms. The fourth-order valence-electron chi connectivity index (χ4n) is 3.20. The second-order valence-electron chi connectivity index (χ2n) is 7.65. The normalized spacial score (nSPS) is 14.4. The summed E-state index contributed by atoms with van der Waals surface area (Å²) in [6.07, 6.45) is 0.613. The number of H-pyrrole nitrogens is 1. The Balaban J connectivity index is 2.14. The van der Waals surface area contributed by atoms with Crippen LogP contribution < -0.4 is 21.7 Å². The average Bonchev–Trinajstić information content (AvgIpc) is 3.23. The summed E-state index contributed by atoms with van der Waals surface area (Å²) in [5.41, 5.74) is 6.88. The van der Waals surface area contributed by atoms with Crippen molar-refractivity contribution in [2.75, 3.05) is 12.4 Å². The van der Waals surface area contributed by atoms with Crippen molar-refractivity contribution in [1.29, 1.82) is 0 Å². The second kappa shape index (κ2) is 12.7. The number of aliphatic hydroxyl groups excluding tert-OH is 1. The fourth-order valence-corrected chi connectivity index (χ4v) is 3.37. The smallest absolute Gasteiger partial charge is 0.326 e. The molecule has 4 atom stereocenters. The predicted octanol–water partition coefficient (Wildman–Crippen LogP) is -2.03. The van der Waals surface area contributed by atoms with Crippen molar-refractivity contribution in [3.05, 3.63) is 36.0 Å². The van der Waals surface area contributed by atoms with E-state index in [9.17, 15) is 34.2 Å². The van der Waals surface area contributed by atoms with E-state index < -0.39 is 66.9 Å². The van der Waals surface area contributed by atoms with Gasteiger partial charge in [-0.2, -0.15) is 12.6 Å². The van der Waals surface area contributed by atoms with Crippen LogP contribution in [-0.4, -0.2) is 86.5 Å². The Morgan fingerprint density at radius 2 is 1.54 bits per heavy atom. The van der Waals surface area contributed by atoms with E-state index >= 15 is 0 Å². The molecule has 35 heavy (non-hydrogen) atoms. The van der Waals surface area contributed by atoms with E-state index in [4.69, 9.17) is 10.8 Å². The number of aromatic amines is 1. The molecule has 1 heterocycles. The van der Waals surface area contributed by atoms with Gasteiger partial charge in [0.1, 0.15) is 18.1 Å². The maximum Gasteiger partial charge on any atom is 0.326 e. The number of carbonyl (C=O) groups is 5. The quantitative estimate of drug-likeness (QED) is 0.136. The molecule has 14 heteroatoms. The number of nitrogens with one attached hydrogen (secondary N) is 4. The lowest BCUT2D eigenvalue weighted by Crippen LogP contribution is -2.58. The summed E-state index contributed by atoms with van der Waals surface area (Å²) in [4.78, 5) is 63.2. The van der Waals surface area contributed by atoms with E-state index in [1.807, 2.05) is 0 Å². The lowest BCUT2D eigenvalue weighted by Gasteiger charge is -2.23. The van der Waals surface area contributed by atoms with E-state index in [1.165, 1.54) is 0 Å². The number of aliphatic hydroxyl groups is 1. The number of nitrogens with two attached hydrogens (primary N) is 1. The fraction of sp³-hybridized carbons (Fsp3) is 0.381. The summed E-state index contributed by atoms with van der Waals surface area (Å²) >= 11 is 3.86. The van der Waals surface area contributed by atoms with Crippen molar-refractivity contribution in [2.24, 2.45) is 5.73 Å². The van der Waals surface area contributed by atoms with Gasteiger partial charge in [0.25, 0.3) is 0 Å². The number of hydrogen-bond acceptors (Lipinski definition) is 8. The first-order valence-corrected chi connectivity index (χ1v) is 11.1. The molecular formula is C21H27N5O8S. The zero-order valence-electron chi connectivity index (χ0n) is 18.4. The molecule has 4 unspecified atom stereocenters. The molecule has 190 valence electrons. The Hall–Kier alpha value is -3.62. The van der Waals surface area contributed by atoms with Gasteiger partial charge in [-0.25, -0.2) is 4.79 Å². The Morgan fingerprint density at radius 3 is 2.14 bits per heavy atom. The van der Waals surface area contributed by atoms with Crippen LogP contribution in [0.2, 0.25) is 0 Å². The third-order valence-electron chi connectivity index (χ3n) is 5.07. The number of para-hydroxylation sites is 1. The number of aromatic nitrogens is 1. The molecule has 1 aromatic heterocycles. The summed E-state index contributed by atoms with van der Waals surface area (Å²) in [5, 5.41) is 35.5. The highest BCUT2D eigenvalue weighted by Crippen LogP contribution is 2.19. The number of fused-ring (bicyclic) bond motifs is 1. The van der Waals surface area contributed by atoms with E-state index in [0.717, 1.165) is 10.9 Å². The topological polar surface area (TPSA) is 224 Å². The van der Waals surface area contributed by atoms with Crippen LogP contribution in [-0.2, 0) is 30.4 Å². The van der Waals surface area contributed by atoms with Crippen LogP contribution in [0.5, 0.6) is 0 Å². The zero-order valence-corrected chi connectivity index (χ0v) is 19.3. The van der Waals surface area contributed by atoms with Crippen molar-refractivity contribution in [3.63, 3.8) is 0 Å². The van der Waals surface area contributed by atoms with E-state index in [-0.39, 0.29) is 12.2 Å². The second-order valence-corrected chi connectivity index (χ2v) is 8.02. The molecule has 2 aromatic rings. The van der Waals surface area contributed by atoms with Gasteiger partial charge < -0.3 is 42.0 Å². The van der Waals surface area contributed by atoms with Crippen LogP contribution in [0.1, 0.15) is 12.0 Å². The molecule has 2 rings (SSSR count). The van der Waals surface area contributed by atoms with Gasteiger partial charge in [-0.1, -0.05) is 18.2 Å². The van der Waals surface area contributed by atoms with Crippen molar-refractivity contribution < 1.29 is 39.3 Å². The Kier molecular flexibility index (Phi) is 10.1. The van der Waals surface area contributed by atoms with Gasteiger partial charge in [0, 0.05) is 29.3 Å². The summed E-state index contributed by atoms with van der Waals surface area (Å²) in [6.45, 7) is -0.864. The van der Waals surface area contributed by atoms with E-state index in [1.54, 1.807) is 30.5 Å². The van der Waals surface area contributed by atoms with Crippen LogP contribution in [0.15, 0.2) is 30.5 Å². The third kappa shape index (κ3) is 7.70. The van der Waals surface area contributed by atoms with Crippen LogP contribution in [0.3, 0.4) is 0 Å². The number of hydrogen-bond donors (Lipinski definition) is 9. The summed E-state index contributed by atoms with van der Waals surface area (Å²) in [6, 6.07) is 1.42. The average molecular weight is 510 g/mol. The van der Waals surface area contributed by atoms with Crippen LogP contribution in [0.4, 0.5) is 0 Å². The molecule has 0 fully saturated rings. The monoisotopic (exact) mass is 509 g/mol. The zero-order chi connectivity index (χ0) is 26.1. The molecule has 0 aliphatic rings. The van der Waals surface area contributed by atoms with Crippen molar-refractivity contribution in [1.82, 2.24) is 20.9 Å². The molecular weight excluding hydrogens is 482 g/mol. The molecule has 3 amide bonds. The first kappa shape index (κ1) is 27.6. The lowest BCUT2D eigenvalue weighted by molar-refractivity contribution is -0.143. The number of aliphatic carboxylic acids is 2. The highest BCUT2D eigenvalue weighted by Gasteiger charge is 2.31. The minimum Gasteiger partial charge on any atom is -0.481 e. The Labute approximate surface area is 204 Å². The van der Waals surface area contributed by atoms with Gasteiger partial charge >= 0.3 is 11.9 Å². The van der Waals surface area contributed by atoms with Crippen LogP contribution in [0.25, 0.3) is 10.9 Å². The van der Waals surface area contributed by atoms with E-state index in [2.05, 4.69) is 33.6 Å². The third-order valence-corrected chi connectivity index (χ3v) is 5.47. The number of amides is 3. The van der Waals surface area contributed by atoms with Gasteiger partial charge in [0.05, 0.1) is 19.1 Å². The highest BCUT2D eigenvalue weighted by atomic mass is 32.1. The van der Waals surface area contributed by atoms with E-state index in [0.29, 0.717) is 5.56 Å². The highest BCUT2D eigenvalue weighted by molar-refractivity contribution is 7.80. The predicted molar refractivity (Wildman–Crippen MR) is 127 cm³/mol. The molecule has 0 saturated carbocycles. The largest absolute Gasteiger partial charge is 0.481 e. The maximum absolute atomic E-state index is 12.8. The van der Waals surface area contributed by atoms with Gasteiger partial charge in [0.15, 0.2) is 0 Å². The van der Waals surface area contributed by atoms with Gasteiger partial charge in [-0.15, -0.1) is 0 Å². The van der Waals surface area contributed by atoms with Gasteiger partial charge in [-0.3, -0.25) is 19.2 Å². The molecule has 0 aliphatic heterocycles. The maximum atomic E-state index is 12.8. The number of benzene rings is 1. The van der Waals surface area contributed by atoms with Crippen molar-refractivity contribution in [3.8, 4) is 0 Å². The van der Waals surface area contributed by atoms with Crippen molar-refractivity contribution >= 4 is 53.2 Å². The summed E-state index contributed by atoms with van der Waals surface area (Å²) in [7, 11) is 0. The number of carbonyl (C=O) groups excluding carboxylic acids is 3. The Morgan fingerprint density at radius 1 is 0.943 bits per heavy atom. The molecule has 0 bridgehead atoms. The molecule has 1 aromatic carbocycles. The Bertz CT molecular complexity index is 1090. The van der Waals surface area contributed by atoms with Crippen LogP contribution >= 0.6 is 12.6 Å². The molecule has 13 nitrogen and oxygen atoms in total. The minimum absolute atomic E-state index is 0.0390. The minimum atomic E-state index is -1.69. The summed E-state index contributed by atoms with van der Waals surface area (Å²) < 4.78 is 0. The number of carboxylic acids is 2. The number of carboxylic acid groups (broad SMARTS) is 2. The number of rotatable bonds is 13. The number of thiol groups is 1. The van der Waals surface area contributed by atoms with Gasteiger partial charge in [0.2, 0.25) is 17.7 Å². The summed E-state index contributed by atoms with van der Waals surface area (Å²) in [5.74, 6) is -5.78. The standard InChI is InChI=1S/C21H27N5O8S/c22-12(9-35)18(30)26-16(8-27)20(32)24-14(6-17(28)29)19(31)25-15(21(33)34)5-10-7-23-13-4-2-1-3-11(10)13/h1-4,7,12,14-16,23,27,35H,5-6,8-9,22H2,(H,24,32)(H,25,31)(H,26,30)(H,28,29)(H,33,34). The molecule has 9 N–H and O–H groups in total. The first-order valence-electron chi connectivity index (χ1n) is 10.4.